The topological polar surface area (TPSA) is 85.3 Å². The highest BCUT2D eigenvalue weighted by molar-refractivity contribution is 5.69. The summed E-state index contributed by atoms with van der Waals surface area (Å²) in [6.07, 6.45) is 0.945. The Hall–Kier alpha value is -2.63. The Morgan fingerprint density at radius 1 is 1.25 bits per heavy atom. The monoisotopic (exact) mass is 272 g/mol. The van der Waals surface area contributed by atoms with E-state index in [1.165, 1.54) is 17.7 Å². The van der Waals surface area contributed by atoms with Crippen molar-refractivity contribution in [2.24, 2.45) is 0 Å². The number of hydrogen-bond acceptors (Lipinski definition) is 5. The van der Waals surface area contributed by atoms with Crippen LogP contribution in [0.1, 0.15) is 12.5 Å². The summed E-state index contributed by atoms with van der Waals surface area (Å²) < 4.78 is 0. The molecule has 0 amide bonds. The van der Waals surface area contributed by atoms with E-state index in [1.54, 1.807) is 11.9 Å². The Labute approximate surface area is 117 Å². The first kappa shape index (κ1) is 13.8. The molecule has 0 atom stereocenters. The van der Waals surface area contributed by atoms with Gasteiger partial charge in [0.05, 0.1) is 4.92 Å². The minimum atomic E-state index is -0.460. The van der Waals surface area contributed by atoms with E-state index >= 15 is 0 Å². The van der Waals surface area contributed by atoms with Crippen LogP contribution in [0.4, 0.5) is 23.0 Å². The minimum absolute atomic E-state index is 0.0683. The van der Waals surface area contributed by atoms with E-state index < -0.39 is 4.92 Å². The molecule has 2 N–H and O–H groups in total. The number of aromatic nitrogens is 1. The van der Waals surface area contributed by atoms with E-state index in [2.05, 4.69) is 11.9 Å². The van der Waals surface area contributed by atoms with Gasteiger partial charge in [0.25, 0.3) is 0 Å². The first-order chi connectivity index (χ1) is 9.52. The lowest BCUT2D eigenvalue weighted by Crippen LogP contribution is -2.14. The molecule has 0 aliphatic rings. The molecule has 1 aromatic heterocycles. The minimum Gasteiger partial charge on any atom is -0.384 e. The van der Waals surface area contributed by atoms with Crippen LogP contribution in [0.25, 0.3) is 0 Å². The zero-order valence-corrected chi connectivity index (χ0v) is 11.4. The molecule has 2 aromatic rings. The number of aryl methyl sites for hydroxylation is 1. The molecule has 0 saturated heterocycles. The van der Waals surface area contributed by atoms with E-state index in [-0.39, 0.29) is 17.3 Å². The zero-order valence-electron chi connectivity index (χ0n) is 11.4. The lowest BCUT2D eigenvalue weighted by atomic mass is 10.1. The molecule has 1 heterocycles. The van der Waals surface area contributed by atoms with Crippen molar-refractivity contribution in [3.8, 4) is 0 Å². The molecule has 6 nitrogen and oxygen atoms in total. The van der Waals surface area contributed by atoms with Crippen molar-refractivity contribution in [3.05, 3.63) is 52.1 Å². The van der Waals surface area contributed by atoms with E-state index in [4.69, 9.17) is 5.73 Å². The fraction of sp³-hybridized carbons (Fsp3) is 0.214. The number of nitrogens with zero attached hydrogens (tertiary/aromatic N) is 3. The van der Waals surface area contributed by atoms with Crippen molar-refractivity contribution in [2.45, 2.75) is 13.3 Å². The molecule has 6 heteroatoms. The second kappa shape index (κ2) is 5.56. The largest absolute Gasteiger partial charge is 0.384 e. The summed E-state index contributed by atoms with van der Waals surface area (Å²) in [5.74, 6) is 0.488. The van der Waals surface area contributed by atoms with Gasteiger partial charge in [-0.3, -0.25) is 10.1 Å². The number of rotatable bonds is 4. The van der Waals surface area contributed by atoms with Gasteiger partial charge >= 0.3 is 5.69 Å². The zero-order chi connectivity index (χ0) is 14.7. The van der Waals surface area contributed by atoms with Crippen LogP contribution in [-0.2, 0) is 6.42 Å². The van der Waals surface area contributed by atoms with Crippen molar-refractivity contribution in [1.82, 2.24) is 4.98 Å². The molecule has 1 aromatic carbocycles. The van der Waals surface area contributed by atoms with Crippen LogP contribution in [0.5, 0.6) is 0 Å². The summed E-state index contributed by atoms with van der Waals surface area (Å²) in [6.45, 7) is 2.07. The molecule has 0 saturated carbocycles. The van der Waals surface area contributed by atoms with E-state index in [9.17, 15) is 10.1 Å². The fourth-order valence-electron chi connectivity index (χ4n) is 1.92. The Bertz CT molecular complexity index is 626. The summed E-state index contributed by atoms with van der Waals surface area (Å²) in [5.41, 5.74) is 7.59. The first-order valence-corrected chi connectivity index (χ1v) is 6.26. The van der Waals surface area contributed by atoms with Crippen LogP contribution in [0.2, 0.25) is 0 Å². The quantitative estimate of drug-likeness (QED) is 0.683. The molecule has 0 spiro atoms. The van der Waals surface area contributed by atoms with Gasteiger partial charge in [0.15, 0.2) is 0 Å². The number of nitrogens with two attached hydrogens (primary N) is 1. The molecule has 0 aliphatic carbocycles. The van der Waals surface area contributed by atoms with Crippen LogP contribution < -0.4 is 10.6 Å². The van der Waals surface area contributed by atoms with Gasteiger partial charge in [0.1, 0.15) is 5.82 Å². The number of nitrogen functional groups attached to an aromatic ring is 1. The highest BCUT2D eigenvalue weighted by atomic mass is 16.6. The van der Waals surface area contributed by atoms with Gasteiger partial charge in [0, 0.05) is 18.8 Å². The van der Waals surface area contributed by atoms with E-state index in [0.29, 0.717) is 0 Å². The number of pyridine rings is 1. The van der Waals surface area contributed by atoms with E-state index in [0.717, 1.165) is 12.1 Å². The van der Waals surface area contributed by atoms with Gasteiger partial charge in [-0.2, -0.15) is 0 Å². The lowest BCUT2D eigenvalue weighted by Gasteiger charge is -2.18. The highest BCUT2D eigenvalue weighted by Crippen LogP contribution is 2.31. The van der Waals surface area contributed by atoms with Gasteiger partial charge in [-0.1, -0.05) is 19.1 Å². The summed E-state index contributed by atoms with van der Waals surface area (Å²) in [6, 6.07) is 10.6. The number of nitro groups is 1. The van der Waals surface area contributed by atoms with Crippen molar-refractivity contribution in [3.63, 3.8) is 0 Å². The van der Waals surface area contributed by atoms with Crippen LogP contribution in [0, 0.1) is 10.1 Å². The van der Waals surface area contributed by atoms with Crippen molar-refractivity contribution >= 4 is 23.0 Å². The van der Waals surface area contributed by atoms with Crippen LogP contribution >= 0.6 is 0 Å². The highest BCUT2D eigenvalue weighted by Gasteiger charge is 2.20. The Balaban J connectivity index is 2.43. The summed E-state index contributed by atoms with van der Waals surface area (Å²) >= 11 is 0. The second-order valence-corrected chi connectivity index (χ2v) is 4.41. The van der Waals surface area contributed by atoms with Gasteiger partial charge in [0.2, 0.25) is 5.82 Å². The summed E-state index contributed by atoms with van der Waals surface area (Å²) in [7, 11) is 1.73. The molecular weight excluding hydrogens is 256 g/mol. The maximum Gasteiger partial charge on any atom is 0.312 e. The van der Waals surface area contributed by atoms with Gasteiger partial charge in [-0.05, 0) is 30.2 Å². The molecule has 0 radical (unpaired) electrons. The predicted octanol–water partition coefficient (Wildman–Crippen LogP) is 2.90. The Kier molecular flexibility index (Phi) is 3.84. The van der Waals surface area contributed by atoms with Crippen molar-refractivity contribution < 1.29 is 4.92 Å². The van der Waals surface area contributed by atoms with Crippen LogP contribution in [0.3, 0.4) is 0 Å². The third-order valence-electron chi connectivity index (χ3n) is 3.12. The number of hydrogen-bond donors (Lipinski definition) is 1. The SMILES string of the molecule is CCc1ccc(N(C)c2nc(N)ccc2[N+](=O)[O-])cc1. The standard InChI is InChI=1S/C14H16N4O2/c1-3-10-4-6-11(7-5-10)17(2)14-12(18(19)20)8-9-13(15)16-14/h4-9H,3H2,1-2H3,(H2,15,16). The van der Waals surface area contributed by atoms with Crippen molar-refractivity contribution in [1.29, 1.82) is 0 Å². The molecule has 0 aliphatic heterocycles. The lowest BCUT2D eigenvalue weighted by molar-refractivity contribution is -0.384. The maximum absolute atomic E-state index is 11.1. The summed E-state index contributed by atoms with van der Waals surface area (Å²) in [4.78, 5) is 16.3. The van der Waals surface area contributed by atoms with Gasteiger partial charge in [-0.15, -0.1) is 0 Å². The fourth-order valence-corrected chi connectivity index (χ4v) is 1.92. The number of anilines is 3. The molecule has 0 unspecified atom stereocenters. The van der Waals surface area contributed by atoms with Gasteiger partial charge < -0.3 is 10.6 Å². The predicted molar refractivity (Wildman–Crippen MR) is 79.2 cm³/mol. The molecule has 0 fully saturated rings. The molecular formula is C14H16N4O2. The van der Waals surface area contributed by atoms with Crippen LogP contribution in [-0.4, -0.2) is 17.0 Å². The molecule has 0 bridgehead atoms. The smallest absolute Gasteiger partial charge is 0.312 e. The normalized spacial score (nSPS) is 10.3. The Morgan fingerprint density at radius 3 is 2.45 bits per heavy atom. The molecule has 20 heavy (non-hydrogen) atoms. The molecule has 104 valence electrons. The average molecular weight is 272 g/mol. The maximum atomic E-state index is 11.1. The number of benzene rings is 1. The third-order valence-corrected chi connectivity index (χ3v) is 3.12. The second-order valence-electron chi connectivity index (χ2n) is 4.41. The first-order valence-electron chi connectivity index (χ1n) is 6.26. The van der Waals surface area contributed by atoms with Crippen molar-refractivity contribution in [2.75, 3.05) is 17.7 Å². The third kappa shape index (κ3) is 2.69. The molecule has 2 rings (SSSR count). The van der Waals surface area contributed by atoms with Gasteiger partial charge in [-0.25, -0.2) is 4.98 Å². The van der Waals surface area contributed by atoms with Crippen LogP contribution in [0.15, 0.2) is 36.4 Å². The summed E-state index contributed by atoms with van der Waals surface area (Å²) in [5, 5.41) is 11.1. The average Bonchev–Trinajstić information content (AvgIpc) is 2.46. The Morgan fingerprint density at radius 2 is 1.90 bits per heavy atom. The van der Waals surface area contributed by atoms with E-state index in [1.807, 2.05) is 24.3 Å².